The van der Waals surface area contributed by atoms with Gasteiger partial charge in [-0.3, -0.25) is 0 Å². The van der Waals surface area contributed by atoms with Crippen molar-refractivity contribution in [3.63, 3.8) is 0 Å². The Morgan fingerprint density at radius 1 is 0.511 bits per heavy atom. The van der Waals surface area contributed by atoms with Gasteiger partial charge in [-0.05, 0) is 91.1 Å². The van der Waals surface area contributed by atoms with Crippen molar-refractivity contribution < 1.29 is 0 Å². The van der Waals surface area contributed by atoms with Crippen molar-refractivity contribution in [2.75, 3.05) is 0 Å². The monoisotopic (exact) mass is 604 g/mol. The van der Waals surface area contributed by atoms with Crippen LogP contribution in [0.25, 0.3) is 33.0 Å². The van der Waals surface area contributed by atoms with Gasteiger partial charge in [-0.25, -0.2) is 0 Å². The molecular formula is C44H44S. The molecule has 6 aromatic rings. The van der Waals surface area contributed by atoms with E-state index in [2.05, 4.69) is 156 Å². The zero-order valence-corrected chi connectivity index (χ0v) is 27.9. The van der Waals surface area contributed by atoms with Crippen LogP contribution >= 0.6 is 11.3 Å². The van der Waals surface area contributed by atoms with Crippen LogP contribution in [-0.2, 0) is 12.8 Å². The van der Waals surface area contributed by atoms with Gasteiger partial charge in [0.2, 0.25) is 0 Å². The molecule has 45 heavy (non-hydrogen) atoms. The number of hydrogen-bond acceptors (Lipinski definition) is 1. The van der Waals surface area contributed by atoms with Gasteiger partial charge in [-0.15, -0.1) is 11.3 Å². The number of hydrogen-bond donors (Lipinski definition) is 0. The summed E-state index contributed by atoms with van der Waals surface area (Å²) in [4.78, 5) is 2.73. The highest BCUT2D eigenvalue weighted by molar-refractivity contribution is 7.19. The summed E-state index contributed by atoms with van der Waals surface area (Å²) in [7, 11) is 0. The molecule has 0 amide bonds. The summed E-state index contributed by atoms with van der Waals surface area (Å²) in [6.07, 6.45) is 5.87. The van der Waals surface area contributed by atoms with Crippen molar-refractivity contribution in [3.05, 3.63) is 191 Å². The van der Waals surface area contributed by atoms with Crippen LogP contribution in [0.1, 0.15) is 44.5 Å². The van der Waals surface area contributed by atoms with Crippen LogP contribution in [0.5, 0.6) is 0 Å². The first kappa shape index (κ1) is 33.2. The van der Waals surface area contributed by atoms with Gasteiger partial charge in [0.1, 0.15) is 0 Å². The van der Waals surface area contributed by atoms with Crippen LogP contribution in [0, 0.1) is 27.7 Å². The minimum atomic E-state index is 1.09. The van der Waals surface area contributed by atoms with E-state index in [1.54, 1.807) is 0 Å². The van der Waals surface area contributed by atoms with Crippen molar-refractivity contribution in [1.82, 2.24) is 0 Å². The molecule has 0 aliphatic carbocycles. The highest BCUT2D eigenvalue weighted by Gasteiger charge is 2.11. The quantitative estimate of drug-likeness (QED) is 0.170. The van der Waals surface area contributed by atoms with Gasteiger partial charge in [0.15, 0.2) is 0 Å². The Kier molecular flexibility index (Phi) is 12.5. The van der Waals surface area contributed by atoms with Crippen molar-refractivity contribution >= 4 is 23.5 Å². The fourth-order valence-corrected chi connectivity index (χ4v) is 6.35. The van der Waals surface area contributed by atoms with Gasteiger partial charge in [0, 0.05) is 9.75 Å². The molecule has 0 nitrogen and oxygen atoms in total. The second-order valence-electron chi connectivity index (χ2n) is 11.3. The molecule has 1 heterocycles. The Balaban J connectivity index is 0.000000209. The van der Waals surface area contributed by atoms with Crippen LogP contribution in [0.3, 0.4) is 0 Å². The summed E-state index contributed by atoms with van der Waals surface area (Å²) in [5, 5.41) is 0. The Hall–Kier alpha value is -4.72. The molecule has 5 aromatic carbocycles. The molecule has 0 bridgehead atoms. The molecule has 1 aromatic heterocycles. The van der Waals surface area contributed by atoms with Crippen LogP contribution < -0.4 is 0 Å². The van der Waals surface area contributed by atoms with Gasteiger partial charge in [0.05, 0.1) is 0 Å². The molecule has 0 aliphatic heterocycles. The molecule has 6 rings (SSSR count). The second-order valence-corrected chi connectivity index (χ2v) is 12.4. The fourth-order valence-electron chi connectivity index (χ4n) is 5.08. The van der Waals surface area contributed by atoms with E-state index >= 15 is 0 Å². The largest absolute Gasteiger partial charge is 0.135 e. The van der Waals surface area contributed by atoms with E-state index in [0.29, 0.717) is 0 Å². The normalized spacial score (nSPS) is 10.1. The number of thiophene rings is 1. The van der Waals surface area contributed by atoms with Crippen molar-refractivity contribution in [2.24, 2.45) is 0 Å². The van der Waals surface area contributed by atoms with Gasteiger partial charge in [0.25, 0.3) is 0 Å². The Morgan fingerprint density at radius 2 is 1.09 bits per heavy atom. The molecule has 0 saturated heterocycles. The minimum Gasteiger partial charge on any atom is -0.135 e. The second kappa shape index (κ2) is 16.9. The summed E-state index contributed by atoms with van der Waals surface area (Å²) in [5.74, 6) is 0. The van der Waals surface area contributed by atoms with E-state index in [-0.39, 0.29) is 0 Å². The predicted octanol–water partition coefficient (Wildman–Crippen LogP) is 12.8. The molecule has 1 heteroatoms. The van der Waals surface area contributed by atoms with E-state index in [1.807, 2.05) is 41.7 Å². The predicted molar refractivity (Wildman–Crippen MR) is 201 cm³/mol. The maximum atomic E-state index is 3.73. The summed E-state index contributed by atoms with van der Waals surface area (Å²) >= 11 is 1.90. The lowest BCUT2D eigenvalue weighted by Gasteiger charge is -2.04. The smallest absolute Gasteiger partial charge is 0.0381 e. The van der Waals surface area contributed by atoms with Crippen LogP contribution in [0.15, 0.2) is 147 Å². The third-order valence-corrected chi connectivity index (χ3v) is 9.03. The standard InChI is InChI=1S/C26H24S.C11H12.C7H8/c1-19-8-6-7-11-24(19)26-20(2)18-25(27-26)23-16-14-22(15-17-23)13-12-21-9-4-3-5-10-21;1-4-10-7-6-9(3)8-11(10)5-2;1-7-5-3-2-4-6-7/h3-11,14-18H,12-13H2,1-2H3;4-8H,1-2H2,3H3;2-6H,1H3. The number of benzene rings is 5. The summed E-state index contributed by atoms with van der Waals surface area (Å²) < 4.78 is 0. The van der Waals surface area contributed by atoms with E-state index in [0.717, 1.165) is 24.0 Å². The average molecular weight is 605 g/mol. The minimum absolute atomic E-state index is 1.09. The van der Waals surface area contributed by atoms with Gasteiger partial charge >= 0.3 is 0 Å². The van der Waals surface area contributed by atoms with Crippen LogP contribution in [0.4, 0.5) is 0 Å². The van der Waals surface area contributed by atoms with Crippen LogP contribution in [0.2, 0.25) is 0 Å². The molecule has 0 atom stereocenters. The first-order chi connectivity index (χ1) is 21.9. The Labute approximate surface area is 275 Å². The fraction of sp³-hybridized carbons (Fsp3) is 0.136. The highest BCUT2D eigenvalue weighted by Crippen LogP contribution is 2.39. The highest BCUT2D eigenvalue weighted by atomic mass is 32.1. The third kappa shape index (κ3) is 9.89. The summed E-state index contributed by atoms with van der Waals surface area (Å²) in [6.45, 7) is 16.0. The first-order valence-electron chi connectivity index (χ1n) is 15.5. The van der Waals surface area contributed by atoms with Crippen LogP contribution in [-0.4, -0.2) is 0 Å². The van der Waals surface area contributed by atoms with E-state index in [9.17, 15) is 0 Å². The molecule has 0 saturated carbocycles. The molecule has 0 N–H and O–H groups in total. The average Bonchev–Trinajstić information content (AvgIpc) is 3.46. The zero-order valence-electron chi connectivity index (χ0n) is 27.1. The summed E-state index contributed by atoms with van der Waals surface area (Å²) in [6, 6.07) is 47.3. The van der Waals surface area contributed by atoms with Crippen molar-refractivity contribution in [2.45, 2.75) is 40.5 Å². The number of aryl methyl sites for hydroxylation is 6. The lowest BCUT2D eigenvalue weighted by atomic mass is 10.0. The molecule has 0 spiro atoms. The topological polar surface area (TPSA) is 0 Å². The third-order valence-electron chi connectivity index (χ3n) is 7.71. The van der Waals surface area contributed by atoms with Gasteiger partial charge in [-0.1, -0.05) is 164 Å². The Morgan fingerprint density at radius 3 is 1.67 bits per heavy atom. The maximum Gasteiger partial charge on any atom is 0.0381 e. The van der Waals surface area contributed by atoms with E-state index in [1.165, 1.54) is 54.3 Å². The lowest BCUT2D eigenvalue weighted by Crippen LogP contribution is -1.90. The van der Waals surface area contributed by atoms with Crippen molar-refractivity contribution in [1.29, 1.82) is 0 Å². The van der Waals surface area contributed by atoms with E-state index < -0.39 is 0 Å². The molecule has 0 aliphatic rings. The maximum absolute atomic E-state index is 3.73. The Bertz CT molecular complexity index is 1790. The van der Waals surface area contributed by atoms with Gasteiger partial charge in [-0.2, -0.15) is 0 Å². The van der Waals surface area contributed by atoms with Crippen molar-refractivity contribution in [3.8, 4) is 20.9 Å². The first-order valence-corrected chi connectivity index (χ1v) is 16.4. The SMILES string of the molecule is C=Cc1ccc(C)cc1C=C.Cc1ccccc1.Cc1ccccc1-c1sc(-c2ccc(CCc3ccccc3)cc2)cc1C. The summed E-state index contributed by atoms with van der Waals surface area (Å²) in [5.41, 5.74) is 13.0. The molecule has 0 unspecified atom stereocenters. The molecule has 0 fully saturated rings. The lowest BCUT2D eigenvalue weighted by molar-refractivity contribution is 0.960. The molecule has 0 radical (unpaired) electrons. The number of rotatable bonds is 7. The van der Waals surface area contributed by atoms with Gasteiger partial charge < -0.3 is 0 Å². The molecule has 226 valence electrons. The molecular weight excluding hydrogens is 561 g/mol. The zero-order chi connectivity index (χ0) is 32.0. The van der Waals surface area contributed by atoms with E-state index in [4.69, 9.17) is 0 Å².